The van der Waals surface area contributed by atoms with Gasteiger partial charge in [-0.15, -0.1) is 0 Å². The van der Waals surface area contributed by atoms with Gasteiger partial charge in [-0.25, -0.2) is 4.98 Å². The van der Waals surface area contributed by atoms with Crippen molar-refractivity contribution in [3.8, 4) is 22.8 Å². The van der Waals surface area contributed by atoms with Crippen molar-refractivity contribution in [2.75, 3.05) is 19.0 Å². The van der Waals surface area contributed by atoms with Crippen LogP contribution in [0, 0.1) is 6.92 Å². The number of amides is 1. The number of nitrogens with one attached hydrogen (secondary N) is 1. The fourth-order valence-corrected chi connectivity index (χ4v) is 3.44. The van der Waals surface area contributed by atoms with Crippen molar-refractivity contribution in [1.29, 1.82) is 0 Å². The minimum Gasteiger partial charge on any atom is -0.497 e. The molecule has 1 N–H and O–H groups in total. The number of halogens is 1. The molecule has 1 amide bonds. The third-order valence-corrected chi connectivity index (χ3v) is 5.35. The molecular weight excluding hydrogens is 412 g/mol. The maximum Gasteiger partial charge on any atom is 0.262 e. The van der Waals surface area contributed by atoms with Gasteiger partial charge in [0.1, 0.15) is 11.5 Å². The van der Waals surface area contributed by atoms with E-state index in [1.165, 1.54) is 0 Å². The van der Waals surface area contributed by atoms with E-state index in [1.54, 1.807) is 19.2 Å². The number of para-hydroxylation sites is 1. The summed E-state index contributed by atoms with van der Waals surface area (Å²) in [4.78, 5) is 17.3. The molecule has 4 rings (SSSR count). The van der Waals surface area contributed by atoms with Crippen LogP contribution >= 0.6 is 11.6 Å². The Bertz CT molecular complexity index is 1260. The smallest absolute Gasteiger partial charge is 0.262 e. The summed E-state index contributed by atoms with van der Waals surface area (Å²) in [6.07, 6.45) is 0. The highest BCUT2D eigenvalue weighted by molar-refractivity contribution is 6.31. The maximum absolute atomic E-state index is 12.5. The molecule has 1 aromatic heterocycles. The molecule has 156 valence electrons. The second-order valence-electron chi connectivity index (χ2n) is 7.00. The largest absolute Gasteiger partial charge is 0.497 e. The summed E-state index contributed by atoms with van der Waals surface area (Å²) in [6, 6.07) is 22.6. The van der Waals surface area contributed by atoms with Gasteiger partial charge in [-0.3, -0.25) is 4.79 Å². The standard InChI is InChI=1S/C25H21ClN2O3/c1-16-20(26)10-6-12-21(16)28-25(29)15-31-24-14-23(17-7-5-8-18(13-17)30-2)27-22-11-4-3-9-19(22)24/h3-14H,15H2,1-2H3,(H,28,29). The number of carbonyl (C=O) groups excluding carboxylic acids is 1. The van der Waals surface area contributed by atoms with Crippen LogP contribution in [0.1, 0.15) is 5.56 Å². The fourth-order valence-electron chi connectivity index (χ4n) is 3.27. The van der Waals surface area contributed by atoms with Crippen molar-refractivity contribution < 1.29 is 14.3 Å². The first-order chi connectivity index (χ1) is 15.0. The van der Waals surface area contributed by atoms with Crippen LogP contribution in [0.2, 0.25) is 5.02 Å². The van der Waals surface area contributed by atoms with Gasteiger partial charge in [-0.05, 0) is 48.9 Å². The van der Waals surface area contributed by atoms with Crippen molar-refractivity contribution in [2.45, 2.75) is 6.92 Å². The van der Waals surface area contributed by atoms with Crippen molar-refractivity contribution in [3.05, 3.63) is 83.4 Å². The Morgan fingerprint density at radius 3 is 2.68 bits per heavy atom. The molecule has 0 aliphatic rings. The first kappa shape index (κ1) is 20.7. The molecule has 0 saturated heterocycles. The van der Waals surface area contributed by atoms with E-state index in [0.29, 0.717) is 16.5 Å². The Balaban J connectivity index is 1.60. The lowest BCUT2D eigenvalue weighted by Gasteiger charge is -2.13. The second kappa shape index (κ2) is 9.06. The van der Waals surface area contributed by atoms with E-state index >= 15 is 0 Å². The summed E-state index contributed by atoms with van der Waals surface area (Å²) >= 11 is 6.13. The molecule has 5 nitrogen and oxygen atoms in total. The first-order valence-electron chi connectivity index (χ1n) is 9.77. The monoisotopic (exact) mass is 432 g/mol. The van der Waals surface area contributed by atoms with Crippen LogP contribution in [0.25, 0.3) is 22.2 Å². The molecule has 0 bridgehead atoms. The van der Waals surface area contributed by atoms with Crippen LogP contribution in [0.5, 0.6) is 11.5 Å². The number of hydrogen-bond donors (Lipinski definition) is 1. The van der Waals surface area contributed by atoms with Crippen molar-refractivity contribution >= 4 is 34.1 Å². The van der Waals surface area contributed by atoms with Gasteiger partial charge in [0.25, 0.3) is 5.91 Å². The number of benzene rings is 3. The summed E-state index contributed by atoms with van der Waals surface area (Å²) in [7, 11) is 1.63. The highest BCUT2D eigenvalue weighted by Gasteiger charge is 2.12. The molecule has 0 saturated carbocycles. The van der Waals surface area contributed by atoms with Gasteiger partial charge in [-0.1, -0.05) is 41.9 Å². The third-order valence-electron chi connectivity index (χ3n) is 4.94. The van der Waals surface area contributed by atoms with Crippen LogP contribution in [0.15, 0.2) is 72.8 Å². The molecule has 0 fully saturated rings. The zero-order chi connectivity index (χ0) is 21.8. The van der Waals surface area contributed by atoms with Gasteiger partial charge in [-0.2, -0.15) is 0 Å². The SMILES string of the molecule is COc1cccc(-c2cc(OCC(=O)Nc3cccc(Cl)c3C)c3ccccc3n2)c1. The van der Waals surface area contributed by atoms with E-state index < -0.39 is 0 Å². The Hall–Kier alpha value is -3.57. The molecule has 0 atom stereocenters. The quantitative estimate of drug-likeness (QED) is 0.412. The number of hydrogen-bond acceptors (Lipinski definition) is 4. The number of pyridine rings is 1. The van der Waals surface area contributed by atoms with Gasteiger partial charge < -0.3 is 14.8 Å². The average molecular weight is 433 g/mol. The summed E-state index contributed by atoms with van der Waals surface area (Å²) < 4.78 is 11.3. The summed E-state index contributed by atoms with van der Waals surface area (Å²) in [5.74, 6) is 1.06. The van der Waals surface area contributed by atoms with Crippen molar-refractivity contribution in [3.63, 3.8) is 0 Å². The predicted molar refractivity (Wildman–Crippen MR) is 124 cm³/mol. The number of aromatic nitrogens is 1. The van der Waals surface area contributed by atoms with E-state index in [1.807, 2.05) is 67.6 Å². The zero-order valence-corrected chi connectivity index (χ0v) is 17.9. The average Bonchev–Trinajstić information content (AvgIpc) is 2.80. The minimum absolute atomic E-state index is 0.141. The Kier molecular flexibility index (Phi) is 6.05. The summed E-state index contributed by atoms with van der Waals surface area (Å²) in [5, 5.41) is 4.28. The van der Waals surface area contributed by atoms with Crippen LogP contribution < -0.4 is 14.8 Å². The minimum atomic E-state index is -0.269. The van der Waals surface area contributed by atoms with E-state index in [4.69, 9.17) is 26.1 Å². The molecule has 1 heterocycles. The molecule has 6 heteroatoms. The molecule has 0 spiro atoms. The molecule has 31 heavy (non-hydrogen) atoms. The van der Waals surface area contributed by atoms with Crippen LogP contribution in [-0.2, 0) is 4.79 Å². The van der Waals surface area contributed by atoms with E-state index in [9.17, 15) is 4.79 Å². The molecule has 0 aliphatic carbocycles. The molecule has 3 aromatic carbocycles. The maximum atomic E-state index is 12.5. The van der Waals surface area contributed by atoms with E-state index in [-0.39, 0.29) is 12.5 Å². The lowest BCUT2D eigenvalue weighted by atomic mass is 10.1. The van der Waals surface area contributed by atoms with Crippen LogP contribution in [0.4, 0.5) is 5.69 Å². The molecule has 4 aromatic rings. The lowest BCUT2D eigenvalue weighted by Crippen LogP contribution is -2.20. The number of rotatable bonds is 6. The van der Waals surface area contributed by atoms with Gasteiger partial charge in [0.15, 0.2) is 6.61 Å². The Labute approximate surface area is 185 Å². The normalized spacial score (nSPS) is 10.7. The predicted octanol–water partition coefficient (Wildman–Crippen LogP) is 5.89. The first-order valence-corrected chi connectivity index (χ1v) is 10.1. The number of nitrogens with zero attached hydrogens (tertiary/aromatic N) is 1. The second-order valence-corrected chi connectivity index (χ2v) is 7.41. The molecule has 0 radical (unpaired) electrons. The van der Waals surface area contributed by atoms with Crippen LogP contribution in [-0.4, -0.2) is 24.6 Å². The Morgan fingerprint density at radius 1 is 1.03 bits per heavy atom. The zero-order valence-electron chi connectivity index (χ0n) is 17.2. The van der Waals surface area contributed by atoms with Gasteiger partial charge in [0.2, 0.25) is 0 Å². The molecule has 0 aliphatic heterocycles. The van der Waals surface area contributed by atoms with Gasteiger partial charge in [0.05, 0.1) is 18.3 Å². The van der Waals surface area contributed by atoms with E-state index in [0.717, 1.165) is 33.5 Å². The number of methoxy groups -OCH3 is 1. The summed E-state index contributed by atoms with van der Waals surface area (Å²) in [5.41, 5.74) is 3.89. The van der Waals surface area contributed by atoms with Gasteiger partial charge in [0, 0.05) is 27.7 Å². The number of carbonyl (C=O) groups is 1. The highest BCUT2D eigenvalue weighted by atomic mass is 35.5. The van der Waals surface area contributed by atoms with Crippen LogP contribution in [0.3, 0.4) is 0 Å². The van der Waals surface area contributed by atoms with Crippen molar-refractivity contribution in [1.82, 2.24) is 4.98 Å². The van der Waals surface area contributed by atoms with Crippen molar-refractivity contribution in [2.24, 2.45) is 0 Å². The summed E-state index contributed by atoms with van der Waals surface area (Å²) in [6.45, 7) is 1.72. The number of fused-ring (bicyclic) bond motifs is 1. The van der Waals surface area contributed by atoms with E-state index in [2.05, 4.69) is 5.32 Å². The molecule has 0 unspecified atom stereocenters. The topological polar surface area (TPSA) is 60.5 Å². The number of anilines is 1. The fraction of sp³-hybridized carbons (Fsp3) is 0.120. The third kappa shape index (κ3) is 4.62. The number of ether oxygens (including phenoxy) is 2. The molecular formula is C25H21ClN2O3. The van der Waals surface area contributed by atoms with Gasteiger partial charge >= 0.3 is 0 Å². The highest BCUT2D eigenvalue weighted by Crippen LogP contribution is 2.31. The Morgan fingerprint density at radius 2 is 1.84 bits per heavy atom. The lowest BCUT2D eigenvalue weighted by molar-refractivity contribution is -0.118.